The molecule has 0 bridgehead atoms. The molecule has 0 aliphatic rings. The van der Waals surface area contributed by atoms with E-state index in [-0.39, 0.29) is 11.3 Å². The lowest BCUT2D eigenvalue weighted by atomic mass is 9.88. The third-order valence-electron chi connectivity index (χ3n) is 2.14. The molecule has 0 aliphatic heterocycles. The zero-order chi connectivity index (χ0) is 11.6. The van der Waals surface area contributed by atoms with Gasteiger partial charge in [0.1, 0.15) is 0 Å². The molecule has 0 spiro atoms. The minimum atomic E-state index is -0.506. The Hall–Kier alpha value is -0.570. The van der Waals surface area contributed by atoms with Gasteiger partial charge < -0.3 is 10.4 Å². The molecule has 0 saturated carbocycles. The monoisotopic (exact) mass is 201 g/mol. The maximum absolute atomic E-state index is 11.5. The molecule has 0 rings (SSSR count). The summed E-state index contributed by atoms with van der Waals surface area (Å²) in [7, 11) is 0. The molecule has 0 heterocycles. The zero-order valence-corrected chi connectivity index (χ0v) is 10.1. The molecule has 0 aromatic carbocycles. The highest BCUT2D eigenvalue weighted by Gasteiger charge is 2.25. The van der Waals surface area contributed by atoms with Gasteiger partial charge in [0, 0.05) is 12.0 Å². The van der Waals surface area contributed by atoms with E-state index in [4.69, 9.17) is 0 Å². The molecule has 1 amide bonds. The summed E-state index contributed by atoms with van der Waals surface area (Å²) in [5.74, 6) is -0.0270. The third kappa shape index (κ3) is 4.61. The van der Waals surface area contributed by atoms with Crippen molar-refractivity contribution in [1.29, 1.82) is 0 Å². The number of aliphatic hydroxyl groups is 1. The van der Waals surface area contributed by atoms with Crippen LogP contribution in [0.15, 0.2) is 0 Å². The van der Waals surface area contributed by atoms with E-state index >= 15 is 0 Å². The highest BCUT2D eigenvalue weighted by Crippen LogP contribution is 2.19. The molecule has 1 atom stereocenters. The minimum Gasteiger partial charge on any atom is -0.391 e. The lowest BCUT2D eigenvalue weighted by Crippen LogP contribution is -2.43. The van der Waals surface area contributed by atoms with Gasteiger partial charge in [-0.05, 0) is 5.41 Å². The van der Waals surface area contributed by atoms with Gasteiger partial charge in [-0.1, -0.05) is 41.5 Å². The molecule has 3 nitrogen and oxygen atoms in total. The van der Waals surface area contributed by atoms with Crippen molar-refractivity contribution in [3.8, 4) is 0 Å². The van der Waals surface area contributed by atoms with Crippen molar-refractivity contribution < 1.29 is 9.90 Å². The quantitative estimate of drug-likeness (QED) is 0.712. The summed E-state index contributed by atoms with van der Waals surface area (Å²) < 4.78 is 0. The van der Waals surface area contributed by atoms with Gasteiger partial charge in [-0.15, -0.1) is 0 Å². The normalized spacial score (nSPS) is 15.1. The number of rotatable bonds is 2. The Bertz CT molecular complexity index is 198. The van der Waals surface area contributed by atoms with E-state index in [1.165, 1.54) is 0 Å². The summed E-state index contributed by atoms with van der Waals surface area (Å²) in [6.07, 6.45) is -0.506. The Labute approximate surface area is 86.9 Å². The maximum atomic E-state index is 11.5. The van der Waals surface area contributed by atoms with Crippen LogP contribution in [0.2, 0.25) is 0 Å². The van der Waals surface area contributed by atoms with Gasteiger partial charge in [0.25, 0.3) is 0 Å². The van der Waals surface area contributed by atoms with E-state index in [1.54, 1.807) is 0 Å². The Balaban J connectivity index is 4.03. The molecule has 3 heteroatoms. The molecule has 14 heavy (non-hydrogen) atoms. The molecule has 1 unspecified atom stereocenters. The topological polar surface area (TPSA) is 49.3 Å². The van der Waals surface area contributed by atoms with Crippen LogP contribution in [0, 0.1) is 10.8 Å². The van der Waals surface area contributed by atoms with Gasteiger partial charge in [0.15, 0.2) is 0 Å². The zero-order valence-electron chi connectivity index (χ0n) is 10.1. The van der Waals surface area contributed by atoms with E-state index < -0.39 is 11.5 Å². The smallest absolute Gasteiger partial charge is 0.225 e. The van der Waals surface area contributed by atoms with Gasteiger partial charge in [0.2, 0.25) is 5.91 Å². The largest absolute Gasteiger partial charge is 0.391 e. The van der Waals surface area contributed by atoms with E-state index in [1.807, 2.05) is 41.5 Å². The Morgan fingerprint density at radius 1 is 1.21 bits per heavy atom. The van der Waals surface area contributed by atoms with Crippen molar-refractivity contribution in [3.63, 3.8) is 0 Å². The predicted octanol–water partition coefficient (Wildman–Crippen LogP) is 1.56. The standard InChI is InChI=1S/C11H23NO2/c1-10(2,3)8(13)7-12-9(14)11(4,5)6/h8,13H,7H2,1-6H3,(H,12,14). The summed E-state index contributed by atoms with van der Waals surface area (Å²) in [5.41, 5.74) is -0.581. The molecule has 0 radical (unpaired) electrons. The molecular formula is C11H23NO2. The van der Waals surface area contributed by atoms with Crippen molar-refractivity contribution in [2.75, 3.05) is 6.54 Å². The van der Waals surface area contributed by atoms with Gasteiger partial charge >= 0.3 is 0 Å². The number of hydrogen-bond acceptors (Lipinski definition) is 2. The predicted molar refractivity (Wildman–Crippen MR) is 57.9 cm³/mol. The van der Waals surface area contributed by atoms with E-state index in [0.717, 1.165) is 0 Å². The second-order valence-electron chi connectivity index (χ2n) is 5.84. The molecule has 84 valence electrons. The van der Waals surface area contributed by atoms with Crippen LogP contribution < -0.4 is 5.32 Å². The van der Waals surface area contributed by atoms with E-state index in [9.17, 15) is 9.90 Å². The number of carbonyl (C=O) groups is 1. The average Bonchev–Trinajstić information content (AvgIpc) is 1.95. The number of amides is 1. The van der Waals surface area contributed by atoms with Gasteiger partial charge in [-0.2, -0.15) is 0 Å². The first-order valence-electron chi connectivity index (χ1n) is 5.01. The first-order valence-corrected chi connectivity index (χ1v) is 5.01. The van der Waals surface area contributed by atoms with E-state index in [0.29, 0.717) is 6.54 Å². The molecule has 0 aromatic heterocycles. The van der Waals surface area contributed by atoms with Gasteiger partial charge in [-0.25, -0.2) is 0 Å². The summed E-state index contributed by atoms with van der Waals surface area (Å²) in [5, 5.41) is 12.4. The molecule has 0 aliphatic carbocycles. The molecule has 0 aromatic rings. The fourth-order valence-corrected chi connectivity index (χ4v) is 0.761. The van der Waals surface area contributed by atoms with Crippen LogP contribution in [0.25, 0.3) is 0 Å². The lowest BCUT2D eigenvalue weighted by Gasteiger charge is -2.27. The summed E-state index contributed by atoms with van der Waals surface area (Å²) in [4.78, 5) is 11.5. The Morgan fingerprint density at radius 3 is 1.93 bits per heavy atom. The summed E-state index contributed by atoms with van der Waals surface area (Å²) in [6, 6.07) is 0. The maximum Gasteiger partial charge on any atom is 0.225 e. The number of nitrogens with one attached hydrogen (secondary N) is 1. The first-order chi connectivity index (χ1) is 6.05. The van der Waals surface area contributed by atoms with Crippen molar-refractivity contribution in [1.82, 2.24) is 5.32 Å². The van der Waals surface area contributed by atoms with Crippen LogP contribution in [-0.2, 0) is 4.79 Å². The molecular weight excluding hydrogens is 178 g/mol. The number of hydrogen-bond donors (Lipinski definition) is 2. The number of carbonyl (C=O) groups excluding carboxylic acids is 1. The van der Waals surface area contributed by atoms with Crippen LogP contribution >= 0.6 is 0 Å². The van der Waals surface area contributed by atoms with E-state index in [2.05, 4.69) is 5.32 Å². The SMILES string of the molecule is CC(C)(C)C(=O)NCC(O)C(C)(C)C. The fraction of sp³-hybridized carbons (Fsp3) is 0.909. The van der Waals surface area contributed by atoms with Gasteiger partial charge in [-0.3, -0.25) is 4.79 Å². The van der Waals surface area contributed by atoms with Crippen LogP contribution in [0.3, 0.4) is 0 Å². The number of aliphatic hydroxyl groups excluding tert-OH is 1. The van der Waals surface area contributed by atoms with Crippen LogP contribution in [0.1, 0.15) is 41.5 Å². The fourth-order valence-electron chi connectivity index (χ4n) is 0.761. The van der Waals surface area contributed by atoms with Crippen molar-refractivity contribution in [2.24, 2.45) is 10.8 Å². The molecule has 0 fully saturated rings. The third-order valence-corrected chi connectivity index (χ3v) is 2.14. The molecule has 0 saturated heterocycles. The lowest BCUT2D eigenvalue weighted by molar-refractivity contribution is -0.129. The van der Waals surface area contributed by atoms with Crippen LogP contribution in [0.4, 0.5) is 0 Å². The molecule has 2 N–H and O–H groups in total. The second-order valence-corrected chi connectivity index (χ2v) is 5.84. The van der Waals surface area contributed by atoms with Crippen molar-refractivity contribution in [2.45, 2.75) is 47.6 Å². The minimum absolute atomic E-state index is 0.0270. The van der Waals surface area contributed by atoms with Gasteiger partial charge in [0.05, 0.1) is 6.10 Å². The second kappa shape index (κ2) is 4.30. The highest BCUT2D eigenvalue weighted by atomic mass is 16.3. The summed E-state index contributed by atoms with van der Waals surface area (Å²) >= 11 is 0. The Morgan fingerprint density at radius 2 is 1.64 bits per heavy atom. The van der Waals surface area contributed by atoms with Crippen LogP contribution in [-0.4, -0.2) is 23.7 Å². The highest BCUT2D eigenvalue weighted by molar-refractivity contribution is 5.81. The van der Waals surface area contributed by atoms with Crippen LogP contribution in [0.5, 0.6) is 0 Å². The average molecular weight is 201 g/mol. The van der Waals surface area contributed by atoms with Crippen molar-refractivity contribution >= 4 is 5.91 Å². The Kier molecular flexibility index (Phi) is 4.13. The van der Waals surface area contributed by atoms with Crippen molar-refractivity contribution in [3.05, 3.63) is 0 Å². The summed E-state index contributed by atoms with van der Waals surface area (Å²) in [6.45, 7) is 11.7. The first kappa shape index (κ1) is 13.4.